The summed E-state index contributed by atoms with van der Waals surface area (Å²) in [5, 5.41) is 4.01. The Hall–Kier alpha value is -2.41. The van der Waals surface area contributed by atoms with Crippen LogP contribution >= 0.6 is 0 Å². The number of hydrogen-bond donors (Lipinski definition) is 2. The summed E-state index contributed by atoms with van der Waals surface area (Å²) in [6.07, 6.45) is 2.66. The fourth-order valence-electron chi connectivity index (χ4n) is 1.72. The van der Waals surface area contributed by atoms with Crippen LogP contribution in [0, 0.1) is 5.82 Å². The van der Waals surface area contributed by atoms with E-state index in [4.69, 9.17) is 10.6 Å². The minimum absolute atomic E-state index is 0.304. The van der Waals surface area contributed by atoms with Gasteiger partial charge < -0.3 is 4.74 Å². The van der Waals surface area contributed by atoms with E-state index in [2.05, 4.69) is 5.10 Å². The summed E-state index contributed by atoms with van der Waals surface area (Å²) in [4.78, 5) is 11.4. The number of para-hydroxylation sites is 1. The number of nitrogens with zero attached hydrogens (tertiary/aromatic N) is 2. The molecule has 1 atom stereocenters. The van der Waals surface area contributed by atoms with Gasteiger partial charge in [-0.2, -0.15) is 5.10 Å². The Balaban J connectivity index is 2.17. The van der Waals surface area contributed by atoms with Crippen LogP contribution in [-0.2, 0) is 4.79 Å². The van der Waals surface area contributed by atoms with Gasteiger partial charge in [0.1, 0.15) is 11.5 Å². The third-order valence-corrected chi connectivity index (χ3v) is 2.74. The molecule has 0 aliphatic carbocycles. The zero-order valence-electron chi connectivity index (χ0n) is 10.9. The molecule has 2 aromatic rings. The summed E-state index contributed by atoms with van der Waals surface area (Å²) in [6.45, 7) is 1.79. The fraction of sp³-hybridized carbons (Fsp3) is 0.231. The molecule has 0 aliphatic heterocycles. The van der Waals surface area contributed by atoms with Crippen LogP contribution in [0.2, 0.25) is 0 Å². The molecule has 1 aromatic carbocycles. The number of ether oxygens (including phenoxy) is 1. The van der Waals surface area contributed by atoms with E-state index in [1.165, 1.54) is 23.1 Å². The van der Waals surface area contributed by atoms with Crippen molar-refractivity contribution in [1.82, 2.24) is 15.2 Å². The minimum atomic E-state index is -0.710. The first-order valence-electron chi connectivity index (χ1n) is 6.12. The van der Waals surface area contributed by atoms with E-state index in [0.717, 1.165) is 0 Å². The summed E-state index contributed by atoms with van der Waals surface area (Å²) in [6, 6.07) is 6.24. The highest BCUT2D eigenvalue weighted by Crippen LogP contribution is 2.17. The Labute approximate surface area is 115 Å². The van der Waals surface area contributed by atoms with Gasteiger partial charge in [0.05, 0.1) is 12.4 Å². The lowest BCUT2D eigenvalue weighted by Gasteiger charge is -2.13. The zero-order chi connectivity index (χ0) is 14.5. The van der Waals surface area contributed by atoms with Gasteiger partial charge in [0.25, 0.3) is 5.91 Å². The SMILES string of the molecule is CCC(Oc1cnn(-c2ccccc2F)c1)C(=O)NN. The molecule has 6 nitrogen and oxygen atoms in total. The molecule has 3 N–H and O–H groups in total. The molecular weight excluding hydrogens is 263 g/mol. The smallest absolute Gasteiger partial charge is 0.274 e. The third kappa shape index (κ3) is 2.94. The molecular formula is C13H15FN4O2. The lowest BCUT2D eigenvalue weighted by Crippen LogP contribution is -2.41. The van der Waals surface area contributed by atoms with Gasteiger partial charge in [-0.25, -0.2) is 14.9 Å². The van der Waals surface area contributed by atoms with Crippen molar-refractivity contribution in [1.29, 1.82) is 0 Å². The average molecular weight is 278 g/mol. The molecule has 1 heterocycles. The quantitative estimate of drug-likeness (QED) is 0.488. The van der Waals surface area contributed by atoms with Crippen LogP contribution in [-0.4, -0.2) is 21.8 Å². The van der Waals surface area contributed by atoms with Crippen molar-refractivity contribution in [3.05, 3.63) is 42.5 Å². The first-order chi connectivity index (χ1) is 9.65. The second kappa shape index (κ2) is 6.16. The van der Waals surface area contributed by atoms with Crippen LogP contribution in [0.25, 0.3) is 5.69 Å². The Bertz CT molecular complexity index is 600. The molecule has 0 aliphatic rings. The van der Waals surface area contributed by atoms with E-state index in [-0.39, 0.29) is 0 Å². The Morgan fingerprint density at radius 1 is 1.55 bits per heavy atom. The number of carbonyl (C=O) groups is 1. The predicted molar refractivity (Wildman–Crippen MR) is 70.6 cm³/mol. The van der Waals surface area contributed by atoms with Crippen LogP contribution in [0.4, 0.5) is 4.39 Å². The first-order valence-corrected chi connectivity index (χ1v) is 6.12. The van der Waals surface area contributed by atoms with E-state index >= 15 is 0 Å². The van der Waals surface area contributed by atoms with Crippen LogP contribution < -0.4 is 16.0 Å². The Kier molecular flexibility index (Phi) is 4.31. The molecule has 106 valence electrons. The number of rotatable bonds is 5. The number of carbonyl (C=O) groups excluding carboxylic acids is 1. The molecule has 0 saturated carbocycles. The van der Waals surface area contributed by atoms with Crippen LogP contribution in [0.1, 0.15) is 13.3 Å². The Morgan fingerprint density at radius 2 is 2.30 bits per heavy atom. The maximum Gasteiger partial charge on any atom is 0.274 e. The van der Waals surface area contributed by atoms with Crippen molar-refractivity contribution in [2.45, 2.75) is 19.4 Å². The molecule has 0 bridgehead atoms. The standard InChI is InChI=1S/C13H15FN4O2/c1-2-12(13(19)17-15)20-9-7-16-18(8-9)11-6-4-3-5-10(11)14/h3-8,12H,2,15H2,1H3,(H,17,19). The summed E-state index contributed by atoms with van der Waals surface area (Å²) in [5.74, 6) is 4.61. The predicted octanol–water partition coefficient (Wildman–Crippen LogP) is 1.16. The molecule has 1 amide bonds. The van der Waals surface area contributed by atoms with E-state index in [0.29, 0.717) is 17.9 Å². The number of hydrogen-bond acceptors (Lipinski definition) is 4. The molecule has 0 saturated heterocycles. The van der Waals surface area contributed by atoms with Gasteiger partial charge in [0, 0.05) is 0 Å². The van der Waals surface area contributed by atoms with Gasteiger partial charge >= 0.3 is 0 Å². The first kappa shape index (κ1) is 14.0. The van der Waals surface area contributed by atoms with Crippen molar-refractivity contribution >= 4 is 5.91 Å². The molecule has 7 heteroatoms. The number of benzene rings is 1. The van der Waals surface area contributed by atoms with Gasteiger partial charge in [0.2, 0.25) is 0 Å². The molecule has 2 rings (SSSR count). The van der Waals surface area contributed by atoms with Gasteiger partial charge in [-0.1, -0.05) is 19.1 Å². The number of amides is 1. The third-order valence-electron chi connectivity index (χ3n) is 2.74. The highest BCUT2D eigenvalue weighted by molar-refractivity contribution is 5.80. The number of nitrogens with two attached hydrogens (primary N) is 1. The van der Waals surface area contributed by atoms with Crippen molar-refractivity contribution in [2.75, 3.05) is 0 Å². The summed E-state index contributed by atoms with van der Waals surface area (Å²) in [7, 11) is 0. The summed E-state index contributed by atoms with van der Waals surface area (Å²) >= 11 is 0. The average Bonchev–Trinajstić information content (AvgIpc) is 2.92. The molecule has 1 unspecified atom stereocenters. The van der Waals surface area contributed by atoms with Gasteiger partial charge in [-0.3, -0.25) is 10.2 Å². The van der Waals surface area contributed by atoms with E-state index in [9.17, 15) is 9.18 Å². The largest absolute Gasteiger partial charge is 0.477 e. The van der Waals surface area contributed by atoms with Gasteiger partial charge in [-0.05, 0) is 18.6 Å². The molecule has 1 aromatic heterocycles. The van der Waals surface area contributed by atoms with Crippen molar-refractivity contribution in [3.8, 4) is 11.4 Å². The van der Waals surface area contributed by atoms with E-state index in [1.54, 1.807) is 25.1 Å². The lowest BCUT2D eigenvalue weighted by atomic mass is 10.2. The highest BCUT2D eigenvalue weighted by atomic mass is 19.1. The molecule has 0 radical (unpaired) electrons. The fourth-order valence-corrected chi connectivity index (χ4v) is 1.72. The maximum atomic E-state index is 13.6. The lowest BCUT2D eigenvalue weighted by molar-refractivity contribution is -0.128. The Morgan fingerprint density at radius 3 is 2.95 bits per heavy atom. The number of hydrazine groups is 1. The second-order valence-electron chi connectivity index (χ2n) is 4.10. The maximum absolute atomic E-state index is 13.6. The van der Waals surface area contributed by atoms with Crippen molar-refractivity contribution in [2.24, 2.45) is 5.84 Å². The second-order valence-corrected chi connectivity index (χ2v) is 4.10. The molecule has 0 spiro atoms. The van der Waals surface area contributed by atoms with E-state index in [1.807, 2.05) is 5.43 Å². The molecule has 0 fully saturated rings. The van der Waals surface area contributed by atoms with Crippen LogP contribution in [0.5, 0.6) is 5.75 Å². The van der Waals surface area contributed by atoms with Crippen LogP contribution in [0.15, 0.2) is 36.7 Å². The number of halogens is 1. The zero-order valence-corrected chi connectivity index (χ0v) is 10.9. The van der Waals surface area contributed by atoms with Crippen molar-refractivity contribution < 1.29 is 13.9 Å². The summed E-state index contributed by atoms with van der Waals surface area (Å²) in [5.41, 5.74) is 2.34. The topological polar surface area (TPSA) is 82.2 Å². The summed E-state index contributed by atoms with van der Waals surface area (Å²) < 4.78 is 20.4. The number of aromatic nitrogens is 2. The van der Waals surface area contributed by atoms with Gasteiger partial charge in [-0.15, -0.1) is 0 Å². The molecule has 20 heavy (non-hydrogen) atoms. The van der Waals surface area contributed by atoms with Crippen LogP contribution in [0.3, 0.4) is 0 Å². The van der Waals surface area contributed by atoms with Crippen molar-refractivity contribution in [3.63, 3.8) is 0 Å². The number of nitrogens with one attached hydrogen (secondary N) is 1. The van der Waals surface area contributed by atoms with Gasteiger partial charge in [0.15, 0.2) is 11.9 Å². The minimum Gasteiger partial charge on any atom is -0.477 e. The van der Waals surface area contributed by atoms with E-state index < -0.39 is 17.8 Å². The highest BCUT2D eigenvalue weighted by Gasteiger charge is 2.18. The monoisotopic (exact) mass is 278 g/mol. The normalized spacial score (nSPS) is 11.9.